The summed E-state index contributed by atoms with van der Waals surface area (Å²) in [7, 11) is 0. The van der Waals surface area contributed by atoms with Crippen molar-refractivity contribution in [1.82, 2.24) is 4.90 Å². The number of aliphatic carboxylic acids is 1. The molecule has 0 aromatic heterocycles. The van der Waals surface area contributed by atoms with Gasteiger partial charge < -0.3 is 15.3 Å². The highest BCUT2D eigenvalue weighted by molar-refractivity contribution is 5.79. The monoisotopic (exact) mass is 477 g/mol. The Balaban J connectivity index is 1.45. The molecule has 34 heavy (non-hydrogen) atoms. The average Bonchev–Trinajstić information content (AvgIpc) is 3.14. The molecule has 4 rings (SSSR count). The van der Waals surface area contributed by atoms with Crippen LogP contribution < -0.4 is 0 Å². The standard InChI is InChI=1S/C28H47NO5/c1-18(32)22-6-7-23-21-5-4-20-16-19(17-25(26(33)34)29(12-14-30)13-15-31)8-10-27(20,2)24(21)9-11-28(22,23)3/h19-25,30-31H,4-17H2,1-3H3,(H,33,34)/t19-,20-,21-,22+,23-,24-,25?,27-,28+/m0/s1. The average molecular weight is 478 g/mol. The molecule has 0 bridgehead atoms. The number of Topliss-reactive ketones (excluding diaryl/α,β-unsaturated/α-hetero) is 1. The lowest BCUT2D eigenvalue weighted by atomic mass is 9.44. The molecule has 6 nitrogen and oxygen atoms in total. The fourth-order valence-corrected chi connectivity index (χ4v) is 9.63. The van der Waals surface area contributed by atoms with Crippen molar-refractivity contribution in [1.29, 1.82) is 0 Å². The number of carboxylic acid groups (broad SMARTS) is 1. The van der Waals surface area contributed by atoms with Gasteiger partial charge in [-0.15, -0.1) is 0 Å². The molecule has 4 aliphatic carbocycles. The van der Waals surface area contributed by atoms with Crippen molar-refractivity contribution in [3.05, 3.63) is 0 Å². The second kappa shape index (κ2) is 10.2. The summed E-state index contributed by atoms with van der Waals surface area (Å²) < 4.78 is 0. The molecular formula is C28H47NO5. The van der Waals surface area contributed by atoms with E-state index < -0.39 is 12.0 Å². The maximum atomic E-state index is 12.4. The van der Waals surface area contributed by atoms with Crippen LogP contribution in [0.4, 0.5) is 0 Å². The molecular weight excluding hydrogens is 430 g/mol. The summed E-state index contributed by atoms with van der Waals surface area (Å²) in [6, 6.07) is -0.637. The van der Waals surface area contributed by atoms with E-state index in [4.69, 9.17) is 0 Å². The summed E-state index contributed by atoms with van der Waals surface area (Å²) in [5.74, 6) is 3.04. The number of hydrogen-bond acceptors (Lipinski definition) is 5. The van der Waals surface area contributed by atoms with E-state index in [0.29, 0.717) is 35.4 Å². The second-order valence-electron chi connectivity index (χ2n) is 12.7. The van der Waals surface area contributed by atoms with Gasteiger partial charge in [0.05, 0.1) is 13.2 Å². The van der Waals surface area contributed by atoms with Crippen molar-refractivity contribution in [3.63, 3.8) is 0 Å². The normalized spacial score (nSPS) is 42.5. The van der Waals surface area contributed by atoms with Crippen molar-refractivity contribution in [2.45, 2.75) is 91.0 Å². The predicted octanol–water partition coefficient (Wildman–Crippen LogP) is 3.98. The first-order valence-corrected chi connectivity index (χ1v) is 13.8. The number of fused-ring (bicyclic) bond motifs is 5. The van der Waals surface area contributed by atoms with Crippen LogP contribution in [0.15, 0.2) is 0 Å². The molecule has 4 fully saturated rings. The molecule has 3 N–H and O–H groups in total. The summed E-state index contributed by atoms with van der Waals surface area (Å²) in [4.78, 5) is 26.2. The van der Waals surface area contributed by atoms with Gasteiger partial charge in [-0.3, -0.25) is 14.5 Å². The van der Waals surface area contributed by atoms with E-state index in [1.807, 2.05) is 0 Å². The highest BCUT2D eigenvalue weighted by Gasteiger charge is 2.60. The van der Waals surface area contributed by atoms with Crippen LogP contribution in [0.5, 0.6) is 0 Å². The first kappa shape index (κ1) is 26.1. The SMILES string of the molecule is CC(=O)[C@H]1CC[C@H]2[C@@H]3CC[C@H]4C[C@@H](CC(C(=O)O)N(CCO)CCO)CC[C@]4(C)[C@H]3CC[C@]12C. The van der Waals surface area contributed by atoms with Crippen molar-refractivity contribution in [2.75, 3.05) is 26.3 Å². The van der Waals surface area contributed by atoms with Gasteiger partial charge in [0.1, 0.15) is 11.8 Å². The Morgan fingerprint density at radius 2 is 1.56 bits per heavy atom. The molecule has 6 heteroatoms. The maximum Gasteiger partial charge on any atom is 0.320 e. The molecule has 0 aliphatic heterocycles. The van der Waals surface area contributed by atoms with Crippen LogP contribution in [0.25, 0.3) is 0 Å². The Kier molecular flexibility index (Phi) is 7.81. The van der Waals surface area contributed by atoms with Gasteiger partial charge >= 0.3 is 5.97 Å². The van der Waals surface area contributed by atoms with Gasteiger partial charge in [0.2, 0.25) is 0 Å². The lowest BCUT2D eigenvalue weighted by Gasteiger charge is -2.61. The molecule has 4 aliphatic rings. The Morgan fingerprint density at radius 1 is 0.912 bits per heavy atom. The molecule has 1 unspecified atom stereocenters. The molecule has 9 atom stereocenters. The van der Waals surface area contributed by atoms with Gasteiger partial charge in [0.15, 0.2) is 0 Å². The summed E-state index contributed by atoms with van der Waals surface area (Å²) in [6.45, 7) is 7.13. The topological polar surface area (TPSA) is 98.1 Å². The predicted molar refractivity (Wildman–Crippen MR) is 131 cm³/mol. The summed E-state index contributed by atoms with van der Waals surface area (Å²) in [5, 5.41) is 28.7. The number of ketones is 1. The Labute approximate surface area is 205 Å². The Bertz CT molecular complexity index is 751. The number of hydrogen-bond donors (Lipinski definition) is 3. The van der Waals surface area contributed by atoms with E-state index in [1.54, 1.807) is 11.8 Å². The number of rotatable bonds is 9. The quantitative estimate of drug-likeness (QED) is 0.465. The molecule has 0 aromatic rings. The smallest absolute Gasteiger partial charge is 0.320 e. The molecule has 4 saturated carbocycles. The van der Waals surface area contributed by atoms with Gasteiger partial charge in [0.25, 0.3) is 0 Å². The Morgan fingerprint density at radius 3 is 2.18 bits per heavy atom. The van der Waals surface area contributed by atoms with E-state index in [-0.39, 0.29) is 37.6 Å². The fraction of sp³-hybridized carbons (Fsp3) is 0.929. The van der Waals surface area contributed by atoms with Gasteiger partial charge in [-0.2, -0.15) is 0 Å². The van der Waals surface area contributed by atoms with Gasteiger partial charge in [-0.05, 0) is 112 Å². The fourth-order valence-electron chi connectivity index (χ4n) is 9.63. The van der Waals surface area contributed by atoms with Gasteiger partial charge in [0, 0.05) is 19.0 Å². The molecule has 0 saturated heterocycles. The largest absolute Gasteiger partial charge is 0.480 e. The van der Waals surface area contributed by atoms with Crippen LogP contribution in [0.2, 0.25) is 0 Å². The highest BCUT2D eigenvalue weighted by atomic mass is 16.4. The number of aliphatic hydroxyl groups excluding tert-OH is 2. The molecule has 0 aromatic carbocycles. The van der Waals surface area contributed by atoms with Gasteiger partial charge in [-0.1, -0.05) is 13.8 Å². The first-order chi connectivity index (χ1) is 16.2. The van der Waals surface area contributed by atoms with Crippen LogP contribution in [0.3, 0.4) is 0 Å². The van der Waals surface area contributed by atoms with Crippen LogP contribution in [-0.4, -0.2) is 64.3 Å². The van der Waals surface area contributed by atoms with Crippen LogP contribution in [-0.2, 0) is 9.59 Å². The van der Waals surface area contributed by atoms with Crippen LogP contribution >= 0.6 is 0 Å². The number of nitrogens with zero attached hydrogens (tertiary/aromatic N) is 1. The minimum atomic E-state index is -0.841. The van der Waals surface area contributed by atoms with Crippen LogP contribution in [0, 0.1) is 46.3 Å². The Hall–Kier alpha value is -0.980. The third-order valence-electron chi connectivity index (χ3n) is 11.3. The third kappa shape index (κ3) is 4.48. The van der Waals surface area contributed by atoms with Crippen molar-refractivity contribution in [2.24, 2.45) is 46.3 Å². The lowest BCUT2D eigenvalue weighted by Crippen LogP contribution is -2.54. The van der Waals surface area contributed by atoms with Crippen molar-refractivity contribution < 1.29 is 24.9 Å². The van der Waals surface area contributed by atoms with E-state index in [9.17, 15) is 24.9 Å². The number of aliphatic hydroxyl groups is 2. The lowest BCUT2D eigenvalue weighted by molar-refractivity contribution is -0.146. The van der Waals surface area contributed by atoms with E-state index in [0.717, 1.165) is 31.1 Å². The highest BCUT2D eigenvalue weighted by Crippen LogP contribution is 2.68. The summed E-state index contributed by atoms with van der Waals surface area (Å²) in [5.41, 5.74) is 0.536. The third-order valence-corrected chi connectivity index (χ3v) is 11.3. The molecule has 0 radical (unpaired) electrons. The zero-order valence-corrected chi connectivity index (χ0v) is 21.5. The zero-order valence-electron chi connectivity index (χ0n) is 21.5. The van der Waals surface area contributed by atoms with Gasteiger partial charge in [-0.25, -0.2) is 0 Å². The van der Waals surface area contributed by atoms with E-state index in [2.05, 4.69) is 13.8 Å². The number of carbonyl (C=O) groups is 2. The molecule has 0 spiro atoms. The minimum Gasteiger partial charge on any atom is -0.480 e. The summed E-state index contributed by atoms with van der Waals surface area (Å²) >= 11 is 0. The van der Waals surface area contributed by atoms with Crippen molar-refractivity contribution >= 4 is 11.8 Å². The minimum absolute atomic E-state index is 0.0945. The molecule has 0 amide bonds. The second-order valence-corrected chi connectivity index (χ2v) is 12.7. The van der Waals surface area contributed by atoms with E-state index in [1.165, 1.54) is 38.5 Å². The molecule has 0 heterocycles. The summed E-state index contributed by atoms with van der Waals surface area (Å²) in [6.07, 6.45) is 11.2. The van der Waals surface area contributed by atoms with Crippen molar-refractivity contribution in [3.8, 4) is 0 Å². The zero-order chi connectivity index (χ0) is 24.7. The number of carboxylic acids is 1. The first-order valence-electron chi connectivity index (χ1n) is 13.8. The van der Waals surface area contributed by atoms with E-state index >= 15 is 0 Å². The maximum absolute atomic E-state index is 12.4. The van der Waals surface area contributed by atoms with Crippen LogP contribution in [0.1, 0.15) is 85.0 Å². The number of carbonyl (C=O) groups excluding carboxylic acids is 1. The molecule has 194 valence electrons.